The first-order valence-electron chi connectivity index (χ1n) is 8.24. The Kier molecular flexibility index (Phi) is 6.85. The van der Waals surface area contributed by atoms with Crippen molar-refractivity contribution < 1.29 is 14.3 Å². The van der Waals surface area contributed by atoms with Gasteiger partial charge in [0.25, 0.3) is 0 Å². The van der Waals surface area contributed by atoms with E-state index < -0.39 is 0 Å². The Labute approximate surface area is 152 Å². The maximum absolute atomic E-state index is 12.1. The molecule has 3 nitrogen and oxygen atoms in total. The molecule has 0 aliphatic heterocycles. The maximum Gasteiger partial charge on any atom is 0.325 e. The molecule has 24 heavy (non-hydrogen) atoms. The summed E-state index contributed by atoms with van der Waals surface area (Å²) in [6.45, 7) is 6.70. The highest BCUT2D eigenvalue weighted by Crippen LogP contribution is 2.25. The molecule has 0 aromatic heterocycles. The van der Waals surface area contributed by atoms with Crippen LogP contribution in [0, 0.1) is 5.92 Å². The first kappa shape index (κ1) is 18.5. The smallest absolute Gasteiger partial charge is 0.325 e. The van der Waals surface area contributed by atoms with E-state index >= 15 is 0 Å². The lowest BCUT2D eigenvalue weighted by atomic mass is 10.1. The highest BCUT2D eigenvalue weighted by atomic mass is 79.9. The van der Waals surface area contributed by atoms with Gasteiger partial charge >= 0.3 is 5.97 Å². The standard InChI is InChI=1S/C20H23BrO3/c1-4-14(3)19(21)20(22)24-18-12-8-16(9-13-18)15-6-10-17(11-7-15)23-5-2/h6-14,19H,4-5H2,1-3H3. The van der Waals surface area contributed by atoms with Crippen molar-refractivity contribution >= 4 is 21.9 Å². The zero-order valence-corrected chi connectivity index (χ0v) is 15.9. The summed E-state index contributed by atoms with van der Waals surface area (Å²) in [7, 11) is 0. The average molecular weight is 391 g/mol. The number of rotatable bonds is 7. The highest BCUT2D eigenvalue weighted by Gasteiger charge is 2.22. The molecule has 2 unspecified atom stereocenters. The van der Waals surface area contributed by atoms with E-state index in [0.29, 0.717) is 12.4 Å². The van der Waals surface area contributed by atoms with Gasteiger partial charge in [0.2, 0.25) is 0 Å². The number of carbonyl (C=O) groups is 1. The van der Waals surface area contributed by atoms with E-state index in [0.717, 1.165) is 23.3 Å². The molecule has 0 N–H and O–H groups in total. The van der Waals surface area contributed by atoms with Crippen LogP contribution in [0.2, 0.25) is 0 Å². The van der Waals surface area contributed by atoms with Crippen LogP contribution in [0.5, 0.6) is 11.5 Å². The fourth-order valence-electron chi connectivity index (χ4n) is 2.24. The summed E-state index contributed by atoms with van der Waals surface area (Å²) in [5.41, 5.74) is 2.16. The van der Waals surface area contributed by atoms with Gasteiger partial charge in [-0.25, -0.2) is 0 Å². The fourth-order valence-corrected chi connectivity index (χ4v) is 2.70. The number of alkyl halides is 1. The van der Waals surface area contributed by atoms with Crippen molar-refractivity contribution in [1.82, 2.24) is 0 Å². The lowest BCUT2D eigenvalue weighted by Gasteiger charge is -2.15. The Morgan fingerprint density at radius 1 is 0.958 bits per heavy atom. The molecule has 2 atom stereocenters. The molecule has 0 saturated heterocycles. The lowest BCUT2D eigenvalue weighted by Crippen LogP contribution is -2.26. The fraction of sp³-hybridized carbons (Fsp3) is 0.350. The molecular weight excluding hydrogens is 368 g/mol. The molecule has 2 rings (SSSR count). The van der Waals surface area contributed by atoms with E-state index in [1.54, 1.807) is 0 Å². The van der Waals surface area contributed by atoms with Gasteiger partial charge in [-0.3, -0.25) is 4.79 Å². The zero-order valence-electron chi connectivity index (χ0n) is 14.3. The summed E-state index contributed by atoms with van der Waals surface area (Å²) in [6, 6.07) is 15.5. The molecule has 2 aromatic rings. The van der Waals surface area contributed by atoms with Crippen LogP contribution in [0.1, 0.15) is 27.2 Å². The maximum atomic E-state index is 12.1. The largest absolute Gasteiger partial charge is 0.494 e. The van der Waals surface area contributed by atoms with Crippen molar-refractivity contribution in [2.24, 2.45) is 5.92 Å². The normalized spacial score (nSPS) is 13.2. The molecule has 0 bridgehead atoms. The van der Waals surface area contributed by atoms with Crippen LogP contribution in [0.25, 0.3) is 11.1 Å². The summed E-state index contributed by atoms with van der Waals surface area (Å²) in [5, 5.41) is 0. The van der Waals surface area contributed by atoms with Gasteiger partial charge in [0.1, 0.15) is 16.3 Å². The van der Waals surface area contributed by atoms with E-state index in [9.17, 15) is 4.79 Å². The highest BCUT2D eigenvalue weighted by molar-refractivity contribution is 9.10. The Balaban J connectivity index is 2.03. The van der Waals surface area contributed by atoms with E-state index in [1.165, 1.54) is 0 Å². The minimum atomic E-state index is -0.284. The molecule has 0 aliphatic rings. The molecule has 2 aromatic carbocycles. The second-order valence-electron chi connectivity index (χ2n) is 5.69. The SMILES string of the molecule is CCOc1ccc(-c2ccc(OC(=O)C(Br)C(C)CC)cc2)cc1. The van der Waals surface area contributed by atoms with Crippen LogP contribution in [0.4, 0.5) is 0 Å². The van der Waals surface area contributed by atoms with E-state index in [2.05, 4.69) is 22.9 Å². The Morgan fingerprint density at radius 3 is 1.92 bits per heavy atom. The number of hydrogen-bond donors (Lipinski definition) is 0. The molecule has 0 heterocycles. The number of hydrogen-bond acceptors (Lipinski definition) is 3. The molecule has 0 saturated carbocycles. The Hall–Kier alpha value is -1.81. The summed E-state index contributed by atoms with van der Waals surface area (Å²) in [5.74, 6) is 1.40. The van der Waals surface area contributed by atoms with E-state index in [4.69, 9.17) is 9.47 Å². The minimum absolute atomic E-state index is 0.237. The first-order valence-corrected chi connectivity index (χ1v) is 9.15. The predicted octanol–water partition coefficient (Wildman–Crippen LogP) is 5.47. The third-order valence-electron chi connectivity index (χ3n) is 3.94. The number of benzene rings is 2. The molecular formula is C20H23BrO3. The average Bonchev–Trinajstić information content (AvgIpc) is 2.62. The lowest BCUT2D eigenvalue weighted by molar-refractivity contribution is -0.134. The van der Waals surface area contributed by atoms with Gasteiger partial charge in [-0.15, -0.1) is 0 Å². The van der Waals surface area contributed by atoms with Crippen LogP contribution >= 0.6 is 15.9 Å². The quantitative estimate of drug-likeness (QED) is 0.357. The van der Waals surface area contributed by atoms with Crippen molar-refractivity contribution in [3.63, 3.8) is 0 Å². The van der Waals surface area contributed by atoms with Crippen LogP contribution in [0.15, 0.2) is 48.5 Å². The molecule has 0 amide bonds. The van der Waals surface area contributed by atoms with Gasteiger partial charge in [-0.1, -0.05) is 60.5 Å². The van der Waals surface area contributed by atoms with Crippen LogP contribution in [0.3, 0.4) is 0 Å². The Bertz CT molecular complexity index is 650. The first-order chi connectivity index (χ1) is 11.5. The zero-order chi connectivity index (χ0) is 17.5. The Morgan fingerprint density at radius 2 is 1.46 bits per heavy atom. The van der Waals surface area contributed by atoms with Gasteiger partial charge < -0.3 is 9.47 Å². The van der Waals surface area contributed by atoms with Crippen LogP contribution < -0.4 is 9.47 Å². The predicted molar refractivity (Wildman–Crippen MR) is 101 cm³/mol. The summed E-state index contributed by atoms with van der Waals surface area (Å²) in [4.78, 5) is 11.8. The molecule has 0 radical (unpaired) electrons. The number of ether oxygens (including phenoxy) is 2. The van der Waals surface area contributed by atoms with E-state index in [-0.39, 0.29) is 16.7 Å². The summed E-state index contributed by atoms with van der Waals surface area (Å²) < 4.78 is 10.9. The third kappa shape index (κ3) is 4.84. The minimum Gasteiger partial charge on any atom is -0.494 e. The number of halogens is 1. The van der Waals surface area contributed by atoms with Gasteiger partial charge in [-0.05, 0) is 48.2 Å². The van der Waals surface area contributed by atoms with E-state index in [1.807, 2.05) is 62.4 Å². The van der Waals surface area contributed by atoms with Crippen molar-refractivity contribution in [3.05, 3.63) is 48.5 Å². The molecule has 0 spiro atoms. The molecule has 4 heteroatoms. The van der Waals surface area contributed by atoms with Gasteiger partial charge in [0.15, 0.2) is 0 Å². The van der Waals surface area contributed by atoms with Crippen molar-refractivity contribution in [3.8, 4) is 22.6 Å². The van der Waals surface area contributed by atoms with Crippen molar-refractivity contribution in [2.75, 3.05) is 6.61 Å². The van der Waals surface area contributed by atoms with Gasteiger partial charge in [0.05, 0.1) is 6.61 Å². The second-order valence-corrected chi connectivity index (χ2v) is 6.68. The second kappa shape index (κ2) is 8.88. The molecule has 128 valence electrons. The molecule has 0 fully saturated rings. The third-order valence-corrected chi connectivity index (χ3v) is 5.22. The monoisotopic (exact) mass is 390 g/mol. The summed E-state index contributed by atoms with van der Waals surface area (Å²) in [6.07, 6.45) is 0.918. The number of carbonyl (C=O) groups excluding carboxylic acids is 1. The summed E-state index contributed by atoms with van der Waals surface area (Å²) >= 11 is 3.41. The number of esters is 1. The van der Waals surface area contributed by atoms with Gasteiger partial charge in [-0.2, -0.15) is 0 Å². The topological polar surface area (TPSA) is 35.5 Å². The van der Waals surface area contributed by atoms with Crippen molar-refractivity contribution in [2.45, 2.75) is 32.0 Å². The van der Waals surface area contributed by atoms with Gasteiger partial charge in [0, 0.05) is 0 Å². The van der Waals surface area contributed by atoms with Crippen LogP contribution in [-0.4, -0.2) is 17.4 Å². The van der Waals surface area contributed by atoms with Crippen LogP contribution in [-0.2, 0) is 4.79 Å². The van der Waals surface area contributed by atoms with Crippen molar-refractivity contribution in [1.29, 1.82) is 0 Å². The molecule has 0 aliphatic carbocycles.